The highest BCUT2D eigenvalue weighted by Crippen LogP contribution is 2.38. The summed E-state index contributed by atoms with van der Waals surface area (Å²) in [7, 11) is 3.08. The Balaban J connectivity index is 1.78. The van der Waals surface area contributed by atoms with E-state index in [0.29, 0.717) is 72.3 Å². The first kappa shape index (κ1) is 21.6. The van der Waals surface area contributed by atoms with E-state index in [2.05, 4.69) is 15.3 Å². The highest BCUT2D eigenvalue weighted by molar-refractivity contribution is 6.32. The van der Waals surface area contributed by atoms with Crippen LogP contribution in [0.2, 0.25) is 5.02 Å². The molecule has 1 aliphatic heterocycles. The van der Waals surface area contributed by atoms with Crippen molar-refractivity contribution in [2.24, 2.45) is 0 Å². The van der Waals surface area contributed by atoms with Gasteiger partial charge in [-0.25, -0.2) is 14.8 Å². The van der Waals surface area contributed by atoms with E-state index < -0.39 is 0 Å². The van der Waals surface area contributed by atoms with E-state index in [1.54, 1.807) is 31.1 Å². The lowest BCUT2D eigenvalue weighted by atomic mass is 10.2. The SMILES string of the molecule is CCOC(=O)N1CCN(c2ncnc(Nc3cc(Cl)c(OC)cc3OC)c2N)CC1. The Morgan fingerprint density at radius 1 is 1.17 bits per heavy atom. The Morgan fingerprint density at radius 2 is 1.87 bits per heavy atom. The van der Waals surface area contributed by atoms with Crippen molar-refractivity contribution in [3.63, 3.8) is 0 Å². The fraction of sp³-hybridized carbons (Fsp3) is 0.421. The first-order valence-corrected chi connectivity index (χ1v) is 9.81. The maximum absolute atomic E-state index is 11.9. The van der Waals surface area contributed by atoms with Crippen molar-refractivity contribution in [1.82, 2.24) is 14.9 Å². The number of carbonyl (C=O) groups excluding carboxylic acids is 1. The summed E-state index contributed by atoms with van der Waals surface area (Å²) in [5.74, 6) is 2.04. The third-order valence-corrected chi connectivity index (χ3v) is 4.99. The van der Waals surface area contributed by atoms with Gasteiger partial charge in [-0.05, 0) is 13.0 Å². The summed E-state index contributed by atoms with van der Waals surface area (Å²) in [6.45, 7) is 4.34. The molecule has 1 amide bonds. The molecule has 11 heteroatoms. The molecule has 1 saturated heterocycles. The van der Waals surface area contributed by atoms with Crippen LogP contribution >= 0.6 is 11.6 Å². The lowest BCUT2D eigenvalue weighted by Crippen LogP contribution is -2.49. The molecule has 3 N–H and O–H groups in total. The van der Waals surface area contributed by atoms with Crippen LogP contribution in [-0.4, -0.2) is 68.0 Å². The molecule has 0 aliphatic carbocycles. The predicted octanol–water partition coefficient (Wildman–Crippen LogP) is 2.75. The minimum Gasteiger partial charge on any atom is -0.495 e. The van der Waals surface area contributed by atoms with Gasteiger partial charge in [0.1, 0.15) is 23.5 Å². The van der Waals surface area contributed by atoms with E-state index in [9.17, 15) is 4.79 Å². The number of carbonyl (C=O) groups is 1. The van der Waals surface area contributed by atoms with Crippen molar-refractivity contribution in [2.45, 2.75) is 6.92 Å². The van der Waals surface area contributed by atoms with Crippen molar-refractivity contribution in [1.29, 1.82) is 0 Å². The molecular weight excluding hydrogens is 412 g/mol. The fourth-order valence-electron chi connectivity index (χ4n) is 3.14. The molecule has 162 valence electrons. The number of halogens is 1. The molecule has 10 nitrogen and oxygen atoms in total. The number of nitrogens with zero attached hydrogens (tertiary/aromatic N) is 4. The van der Waals surface area contributed by atoms with Crippen LogP contribution < -0.4 is 25.4 Å². The average Bonchev–Trinajstić information content (AvgIpc) is 2.76. The number of methoxy groups -OCH3 is 2. The number of piperazine rings is 1. The van der Waals surface area contributed by atoms with Crippen LogP contribution in [0.1, 0.15) is 6.92 Å². The summed E-state index contributed by atoms with van der Waals surface area (Å²) >= 11 is 6.24. The summed E-state index contributed by atoms with van der Waals surface area (Å²) in [6.07, 6.45) is 1.13. The number of rotatable bonds is 6. The molecule has 30 heavy (non-hydrogen) atoms. The third kappa shape index (κ3) is 4.54. The van der Waals surface area contributed by atoms with E-state index >= 15 is 0 Å². The molecular formula is C19H25ClN6O4. The van der Waals surface area contributed by atoms with Crippen LogP contribution in [0.4, 0.5) is 27.8 Å². The molecule has 0 unspecified atom stereocenters. The van der Waals surface area contributed by atoms with Crippen LogP contribution in [0.3, 0.4) is 0 Å². The molecule has 1 fully saturated rings. The zero-order valence-electron chi connectivity index (χ0n) is 17.1. The largest absolute Gasteiger partial charge is 0.495 e. The summed E-state index contributed by atoms with van der Waals surface area (Å²) in [5, 5.41) is 3.57. The molecule has 0 spiro atoms. The Hall–Kier alpha value is -3.14. The first-order valence-electron chi connectivity index (χ1n) is 9.44. The number of nitrogens with two attached hydrogens (primary N) is 1. The second-order valence-electron chi connectivity index (χ2n) is 6.44. The van der Waals surface area contributed by atoms with Crippen LogP contribution in [0.15, 0.2) is 18.5 Å². The lowest BCUT2D eigenvalue weighted by Gasteiger charge is -2.35. The van der Waals surface area contributed by atoms with E-state index in [4.69, 9.17) is 31.5 Å². The number of nitrogen functional groups attached to an aromatic ring is 1. The van der Waals surface area contributed by atoms with Crippen LogP contribution in [0.5, 0.6) is 11.5 Å². The molecule has 2 aromatic rings. The minimum absolute atomic E-state index is 0.307. The topological polar surface area (TPSA) is 115 Å². The van der Waals surface area contributed by atoms with Crippen molar-refractivity contribution < 1.29 is 19.0 Å². The second kappa shape index (κ2) is 9.57. The van der Waals surface area contributed by atoms with Gasteiger partial charge in [-0.1, -0.05) is 11.6 Å². The monoisotopic (exact) mass is 436 g/mol. The highest BCUT2D eigenvalue weighted by atomic mass is 35.5. The van der Waals surface area contributed by atoms with Crippen molar-refractivity contribution in [3.05, 3.63) is 23.5 Å². The van der Waals surface area contributed by atoms with Crippen molar-refractivity contribution in [3.8, 4) is 11.5 Å². The van der Waals surface area contributed by atoms with Crippen LogP contribution in [-0.2, 0) is 4.74 Å². The summed E-state index contributed by atoms with van der Waals surface area (Å²) in [5.41, 5.74) is 7.33. The number of nitrogens with one attached hydrogen (secondary N) is 1. The normalized spacial score (nSPS) is 13.7. The number of hydrogen-bond donors (Lipinski definition) is 2. The van der Waals surface area contributed by atoms with Gasteiger partial charge < -0.3 is 35.1 Å². The number of hydrogen-bond acceptors (Lipinski definition) is 9. The van der Waals surface area contributed by atoms with Crippen molar-refractivity contribution >= 4 is 40.7 Å². The Kier molecular flexibility index (Phi) is 6.88. The molecule has 1 aromatic carbocycles. The molecule has 1 aromatic heterocycles. The standard InChI is InChI=1S/C19H25ClN6O4/c1-4-30-19(27)26-7-5-25(6-8-26)18-16(21)17(22-11-23-18)24-13-9-12(20)14(28-2)10-15(13)29-3/h9-11H,4-8,21H2,1-3H3,(H,22,23,24). The molecule has 1 aliphatic rings. The number of anilines is 4. The Morgan fingerprint density at radius 3 is 2.50 bits per heavy atom. The van der Waals surface area contributed by atoms with Gasteiger partial charge in [-0.3, -0.25) is 0 Å². The van der Waals surface area contributed by atoms with Gasteiger partial charge in [0.25, 0.3) is 0 Å². The maximum atomic E-state index is 11.9. The maximum Gasteiger partial charge on any atom is 0.409 e. The summed E-state index contributed by atoms with van der Waals surface area (Å²) < 4.78 is 15.7. The first-order chi connectivity index (χ1) is 14.5. The number of benzene rings is 1. The van der Waals surface area contributed by atoms with Gasteiger partial charge in [0, 0.05) is 32.2 Å². The zero-order valence-corrected chi connectivity index (χ0v) is 17.9. The molecule has 0 bridgehead atoms. The lowest BCUT2D eigenvalue weighted by molar-refractivity contribution is 0.105. The molecule has 0 radical (unpaired) electrons. The van der Waals surface area contributed by atoms with Crippen LogP contribution in [0, 0.1) is 0 Å². The number of amides is 1. The van der Waals surface area contributed by atoms with Gasteiger partial charge in [-0.15, -0.1) is 0 Å². The van der Waals surface area contributed by atoms with Gasteiger partial charge in [0.15, 0.2) is 11.6 Å². The van der Waals surface area contributed by atoms with Gasteiger partial charge in [0.05, 0.1) is 31.5 Å². The molecule has 3 rings (SSSR count). The van der Waals surface area contributed by atoms with E-state index in [1.165, 1.54) is 13.4 Å². The summed E-state index contributed by atoms with van der Waals surface area (Å²) in [6, 6.07) is 3.36. The van der Waals surface area contributed by atoms with Gasteiger partial charge in [-0.2, -0.15) is 0 Å². The Bertz CT molecular complexity index is 905. The van der Waals surface area contributed by atoms with E-state index in [-0.39, 0.29) is 6.09 Å². The van der Waals surface area contributed by atoms with E-state index in [1.807, 2.05) is 4.90 Å². The smallest absolute Gasteiger partial charge is 0.409 e. The summed E-state index contributed by atoms with van der Waals surface area (Å²) in [4.78, 5) is 24.2. The Labute approximate surface area is 179 Å². The van der Waals surface area contributed by atoms with Crippen LogP contribution in [0.25, 0.3) is 0 Å². The average molecular weight is 437 g/mol. The highest BCUT2D eigenvalue weighted by Gasteiger charge is 2.25. The molecule has 2 heterocycles. The molecule has 0 atom stereocenters. The van der Waals surface area contributed by atoms with Gasteiger partial charge >= 0.3 is 6.09 Å². The minimum atomic E-state index is -0.307. The zero-order chi connectivity index (χ0) is 21.7. The fourth-order valence-corrected chi connectivity index (χ4v) is 3.38. The second-order valence-corrected chi connectivity index (χ2v) is 6.85. The van der Waals surface area contributed by atoms with Crippen molar-refractivity contribution in [2.75, 3.05) is 63.0 Å². The van der Waals surface area contributed by atoms with E-state index in [0.717, 1.165) is 0 Å². The number of ether oxygens (including phenoxy) is 3. The predicted molar refractivity (Wildman–Crippen MR) is 115 cm³/mol. The number of aromatic nitrogens is 2. The molecule has 0 saturated carbocycles. The van der Waals surface area contributed by atoms with Gasteiger partial charge in [0.2, 0.25) is 0 Å². The third-order valence-electron chi connectivity index (χ3n) is 4.70. The quantitative estimate of drug-likeness (QED) is 0.705.